The topological polar surface area (TPSA) is 147 Å². The number of carbonyl (C=O) groups is 2. The van der Waals surface area contributed by atoms with Gasteiger partial charge in [-0.3, -0.25) is 0 Å². The van der Waals surface area contributed by atoms with Gasteiger partial charge in [-0.2, -0.15) is 14.0 Å². The van der Waals surface area contributed by atoms with Crippen LogP contribution in [0.2, 0.25) is 0 Å². The van der Waals surface area contributed by atoms with E-state index in [4.69, 9.17) is 35.7 Å². The highest BCUT2D eigenvalue weighted by atomic mass is 19.3. The summed E-state index contributed by atoms with van der Waals surface area (Å²) in [6.45, 7) is 0.119. The standard InChI is InChI=1S/C32H33F2N3O6/c33-32(34,25-9-13-28(14-10-25)40-17-5-3-1-2-4-16-35)43-29-11-6-23(7-12-29)8-15-30(38)41-18-19-42-31(39)24-20-26(36)22-27(37)21-24/h6-15,20-22H,1-5,17-19,36-37H2/b15-8+. The van der Waals surface area contributed by atoms with E-state index in [-0.39, 0.29) is 30.1 Å². The van der Waals surface area contributed by atoms with Crippen LogP contribution in [0.4, 0.5) is 20.2 Å². The van der Waals surface area contributed by atoms with Crippen molar-refractivity contribution >= 4 is 29.4 Å². The molecule has 0 aliphatic carbocycles. The number of hydrogen-bond donors (Lipinski definition) is 2. The summed E-state index contributed by atoms with van der Waals surface area (Å²) >= 11 is 0. The van der Waals surface area contributed by atoms with Crippen molar-refractivity contribution in [3.63, 3.8) is 0 Å². The van der Waals surface area contributed by atoms with E-state index in [1.807, 2.05) is 0 Å². The lowest BCUT2D eigenvalue weighted by molar-refractivity contribution is -0.185. The van der Waals surface area contributed by atoms with Gasteiger partial charge in [0.2, 0.25) is 0 Å². The van der Waals surface area contributed by atoms with Gasteiger partial charge < -0.3 is 30.4 Å². The van der Waals surface area contributed by atoms with Gasteiger partial charge in [-0.1, -0.05) is 25.0 Å². The molecular weight excluding hydrogens is 560 g/mol. The number of nitriles is 1. The summed E-state index contributed by atoms with van der Waals surface area (Å²) in [6.07, 6.45) is 3.13. The Hall–Kier alpha value is -5.11. The molecule has 0 heterocycles. The number of nitrogens with zero attached hydrogens (tertiary/aromatic N) is 1. The van der Waals surface area contributed by atoms with Crippen LogP contribution in [0, 0.1) is 11.3 Å². The van der Waals surface area contributed by atoms with E-state index in [1.54, 1.807) is 0 Å². The third-order valence-electron chi connectivity index (χ3n) is 5.95. The Balaban J connectivity index is 1.39. The van der Waals surface area contributed by atoms with Crippen molar-refractivity contribution < 1.29 is 37.3 Å². The Morgan fingerprint density at radius 1 is 0.814 bits per heavy atom. The van der Waals surface area contributed by atoms with Gasteiger partial charge in [-0.15, -0.1) is 0 Å². The molecule has 0 spiro atoms. The van der Waals surface area contributed by atoms with Gasteiger partial charge in [-0.25, -0.2) is 9.59 Å². The summed E-state index contributed by atoms with van der Waals surface area (Å²) in [6, 6.07) is 17.6. The molecular formula is C32H33F2N3O6. The SMILES string of the molecule is N#CCCCCCCOc1ccc(C(F)(F)Oc2ccc(/C=C/C(=O)OCCOC(=O)c3cc(N)cc(N)c3)cc2)cc1. The second kappa shape index (κ2) is 16.4. The van der Waals surface area contributed by atoms with Crippen molar-refractivity contribution in [3.05, 3.63) is 89.5 Å². The Morgan fingerprint density at radius 2 is 1.44 bits per heavy atom. The minimum Gasteiger partial charge on any atom is -0.494 e. The largest absolute Gasteiger partial charge is 0.494 e. The number of unbranched alkanes of at least 4 members (excludes halogenated alkanes) is 4. The van der Waals surface area contributed by atoms with E-state index in [2.05, 4.69) is 6.07 Å². The molecule has 4 N–H and O–H groups in total. The van der Waals surface area contributed by atoms with Crippen LogP contribution in [0.5, 0.6) is 11.5 Å². The van der Waals surface area contributed by atoms with Crippen LogP contribution in [-0.2, 0) is 20.4 Å². The quantitative estimate of drug-likeness (QED) is 0.0852. The molecule has 0 radical (unpaired) electrons. The minimum absolute atomic E-state index is 0.0646. The summed E-state index contributed by atoms with van der Waals surface area (Å²) < 4.78 is 50.0. The smallest absolute Gasteiger partial charge is 0.426 e. The number of benzene rings is 3. The number of esters is 2. The fourth-order valence-corrected chi connectivity index (χ4v) is 3.82. The highest BCUT2D eigenvalue weighted by molar-refractivity contribution is 5.91. The van der Waals surface area contributed by atoms with E-state index in [1.165, 1.54) is 72.8 Å². The molecule has 0 fully saturated rings. The molecule has 3 aromatic carbocycles. The van der Waals surface area contributed by atoms with Gasteiger partial charge >= 0.3 is 18.0 Å². The molecule has 0 aromatic heterocycles. The number of ether oxygens (including phenoxy) is 4. The summed E-state index contributed by atoms with van der Waals surface area (Å²) in [7, 11) is 0. The van der Waals surface area contributed by atoms with E-state index in [0.717, 1.165) is 31.8 Å². The molecule has 0 saturated carbocycles. The zero-order valence-corrected chi connectivity index (χ0v) is 23.5. The first-order valence-corrected chi connectivity index (χ1v) is 13.6. The molecule has 0 atom stereocenters. The van der Waals surface area contributed by atoms with Gasteiger partial charge in [0.05, 0.1) is 23.8 Å². The fraction of sp³-hybridized carbons (Fsp3) is 0.281. The number of halogens is 2. The lowest BCUT2D eigenvalue weighted by Crippen LogP contribution is -2.21. The Bertz CT molecular complexity index is 1400. The van der Waals surface area contributed by atoms with E-state index >= 15 is 0 Å². The first kappa shape index (κ1) is 32.4. The van der Waals surface area contributed by atoms with E-state index in [9.17, 15) is 18.4 Å². The normalized spacial score (nSPS) is 11.1. The molecule has 0 aliphatic rings. The van der Waals surface area contributed by atoms with Crippen LogP contribution in [0.3, 0.4) is 0 Å². The van der Waals surface area contributed by atoms with Crippen LogP contribution in [-0.4, -0.2) is 31.8 Å². The molecule has 0 bridgehead atoms. The Morgan fingerprint density at radius 3 is 2.12 bits per heavy atom. The molecule has 11 heteroatoms. The van der Waals surface area contributed by atoms with Crippen molar-refractivity contribution in [1.82, 2.24) is 0 Å². The maximum Gasteiger partial charge on any atom is 0.426 e. The lowest BCUT2D eigenvalue weighted by Gasteiger charge is -2.18. The first-order chi connectivity index (χ1) is 20.7. The van der Waals surface area contributed by atoms with Crippen LogP contribution >= 0.6 is 0 Å². The molecule has 3 rings (SSSR count). The second-order valence-electron chi connectivity index (χ2n) is 9.41. The van der Waals surface area contributed by atoms with Gasteiger partial charge in [-0.05, 0) is 79.1 Å². The third kappa shape index (κ3) is 11.4. The van der Waals surface area contributed by atoms with Crippen molar-refractivity contribution in [3.8, 4) is 17.6 Å². The maximum absolute atomic E-state index is 14.7. The average Bonchev–Trinajstić information content (AvgIpc) is 2.98. The lowest BCUT2D eigenvalue weighted by atomic mass is 10.1. The van der Waals surface area contributed by atoms with Crippen molar-refractivity contribution in [2.75, 3.05) is 31.3 Å². The van der Waals surface area contributed by atoms with Crippen molar-refractivity contribution in [2.24, 2.45) is 0 Å². The van der Waals surface area contributed by atoms with Crippen LogP contribution in [0.1, 0.15) is 53.6 Å². The molecule has 43 heavy (non-hydrogen) atoms. The molecule has 0 amide bonds. The van der Waals surface area contributed by atoms with E-state index < -0.39 is 18.0 Å². The van der Waals surface area contributed by atoms with Crippen LogP contribution in [0.15, 0.2) is 72.8 Å². The molecule has 0 aliphatic heterocycles. The van der Waals surface area contributed by atoms with Crippen LogP contribution in [0.25, 0.3) is 6.08 Å². The average molecular weight is 594 g/mol. The highest BCUT2D eigenvalue weighted by Gasteiger charge is 2.34. The zero-order valence-electron chi connectivity index (χ0n) is 23.5. The van der Waals surface area contributed by atoms with Gasteiger partial charge in [0, 0.05) is 23.9 Å². The number of rotatable bonds is 16. The predicted octanol–water partition coefficient (Wildman–Crippen LogP) is 6.25. The second-order valence-corrected chi connectivity index (χ2v) is 9.41. The van der Waals surface area contributed by atoms with Gasteiger partial charge in [0.1, 0.15) is 24.7 Å². The highest BCUT2D eigenvalue weighted by Crippen LogP contribution is 2.32. The van der Waals surface area contributed by atoms with E-state index in [0.29, 0.717) is 35.7 Å². The number of nitrogen functional groups attached to an aromatic ring is 2. The number of carbonyl (C=O) groups excluding carboxylic acids is 2. The van der Waals surface area contributed by atoms with Crippen molar-refractivity contribution in [1.29, 1.82) is 5.26 Å². The summed E-state index contributed by atoms with van der Waals surface area (Å²) in [5, 5.41) is 8.53. The predicted molar refractivity (Wildman–Crippen MR) is 157 cm³/mol. The summed E-state index contributed by atoms with van der Waals surface area (Å²) in [4.78, 5) is 24.0. The first-order valence-electron chi connectivity index (χ1n) is 13.6. The van der Waals surface area contributed by atoms with Crippen LogP contribution < -0.4 is 20.9 Å². The Kier molecular flexibility index (Phi) is 12.3. The van der Waals surface area contributed by atoms with Crippen molar-refractivity contribution in [2.45, 2.75) is 38.2 Å². The third-order valence-corrected chi connectivity index (χ3v) is 5.95. The number of nitrogens with two attached hydrogens (primary N) is 2. The molecule has 9 nitrogen and oxygen atoms in total. The number of hydrogen-bond acceptors (Lipinski definition) is 9. The number of anilines is 2. The monoisotopic (exact) mass is 593 g/mol. The summed E-state index contributed by atoms with van der Waals surface area (Å²) in [5.74, 6) is -0.921. The zero-order chi connectivity index (χ0) is 31.1. The Labute approximate surface area is 248 Å². The molecule has 0 saturated heterocycles. The maximum atomic E-state index is 14.7. The molecule has 0 unspecified atom stereocenters. The fourth-order valence-electron chi connectivity index (χ4n) is 3.82. The minimum atomic E-state index is -3.58. The van der Waals surface area contributed by atoms with Gasteiger partial charge in [0.25, 0.3) is 0 Å². The summed E-state index contributed by atoms with van der Waals surface area (Å²) in [5.41, 5.74) is 12.3. The number of alkyl halides is 2. The van der Waals surface area contributed by atoms with Gasteiger partial charge in [0.15, 0.2) is 0 Å². The molecule has 226 valence electrons. The molecule has 3 aromatic rings.